The number of fused-ring (bicyclic) bond motifs is 4. The Labute approximate surface area is 170 Å². The first kappa shape index (κ1) is 18.1. The number of rotatable bonds is 4. The average Bonchev–Trinajstić information content (AvgIpc) is 2.94. The third kappa shape index (κ3) is 2.72. The fourth-order valence-electron chi connectivity index (χ4n) is 4.38. The highest BCUT2D eigenvalue weighted by Gasteiger charge is 2.55. The lowest BCUT2D eigenvalue weighted by Gasteiger charge is -2.40. The van der Waals surface area contributed by atoms with E-state index in [9.17, 15) is 0 Å². The standard InChI is InChI=1S/C24H25N3O2/c1-23(2)18-14-16(6-5-13-28-3)8-9-20(18)27-24(23)15-26-22-17-7-4-12-25-19(17)10-11-21(22)29-24/h4,7-12,14-15,27H,5-6,13H2,1-3H3. The van der Waals surface area contributed by atoms with Crippen molar-refractivity contribution >= 4 is 28.5 Å². The summed E-state index contributed by atoms with van der Waals surface area (Å²) >= 11 is 0. The maximum atomic E-state index is 6.62. The van der Waals surface area contributed by atoms with Crippen LogP contribution >= 0.6 is 0 Å². The van der Waals surface area contributed by atoms with Gasteiger partial charge in [-0.25, -0.2) is 0 Å². The van der Waals surface area contributed by atoms with Crippen molar-refractivity contribution in [1.82, 2.24) is 4.98 Å². The fourth-order valence-corrected chi connectivity index (χ4v) is 4.38. The summed E-state index contributed by atoms with van der Waals surface area (Å²) in [5.74, 6) is 0.779. The number of methoxy groups -OCH3 is 1. The zero-order valence-electron chi connectivity index (χ0n) is 17.0. The Morgan fingerprint density at radius 3 is 2.90 bits per heavy atom. The number of hydrogen-bond acceptors (Lipinski definition) is 5. The lowest BCUT2D eigenvalue weighted by atomic mass is 9.77. The Bertz CT molecular complexity index is 1120. The predicted octanol–water partition coefficient (Wildman–Crippen LogP) is 5.01. The van der Waals surface area contributed by atoms with Crippen molar-refractivity contribution < 1.29 is 9.47 Å². The van der Waals surface area contributed by atoms with E-state index in [2.05, 4.69) is 42.3 Å². The molecule has 0 fully saturated rings. The van der Waals surface area contributed by atoms with Gasteiger partial charge in [-0.15, -0.1) is 0 Å². The van der Waals surface area contributed by atoms with E-state index < -0.39 is 5.72 Å². The summed E-state index contributed by atoms with van der Waals surface area (Å²) in [6.07, 6.45) is 5.74. The van der Waals surface area contributed by atoms with Gasteiger partial charge < -0.3 is 14.8 Å². The molecular formula is C24H25N3O2. The van der Waals surface area contributed by atoms with E-state index in [-0.39, 0.29) is 5.41 Å². The summed E-state index contributed by atoms with van der Waals surface area (Å²) in [6, 6.07) is 14.6. The average molecular weight is 387 g/mol. The molecule has 0 saturated carbocycles. The van der Waals surface area contributed by atoms with Crippen molar-refractivity contribution in [2.45, 2.75) is 37.8 Å². The van der Waals surface area contributed by atoms with Crippen molar-refractivity contribution in [3.63, 3.8) is 0 Å². The number of anilines is 1. The number of benzene rings is 2. The van der Waals surface area contributed by atoms with Crippen molar-refractivity contribution in [1.29, 1.82) is 0 Å². The lowest BCUT2D eigenvalue weighted by Crippen LogP contribution is -2.56. The predicted molar refractivity (Wildman–Crippen MR) is 117 cm³/mol. The molecule has 0 amide bonds. The van der Waals surface area contributed by atoms with E-state index in [4.69, 9.17) is 14.5 Å². The number of nitrogens with one attached hydrogen (secondary N) is 1. The molecule has 1 aromatic heterocycles. The number of nitrogens with zero attached hydrogens (tertiary/aromatic N) is 2. The minimum Gasteiger partial charge on any atom is -0.460 e. The largest absolute Gasteiger partial charge is 0.460 e. The molecule has 29 heavy (non-hydrogen) atoms. The van der Waals surface area contributed by atoms with Crippen molar-refractivity contribution in [3.05, 3.63) is 59.8 Å². The van der Waals surface area contributed by atoms with Crippen LogP contribution in [-0.4, -0.2) is 30.6 Å². The maximum absolute atomic E-state index is 6.62. The molecular weight excluding hydrogens is 362 g/mol. The second-order valence-electron chi connectivity index (χ2n) is 8.30. The molecule has 3 heterocycles. The van der Waals surface area contributed by atoms with Gasteiger partial charge in [0.15, 0.2) is 0 Å². The number of aromatic nitrogens is 1. The Balaban J connectivity index is 1.52. The summed E-state index contributed by atoms with van der Waals surface area (Å²) in [4.78, 5) is 9.27. The van der Waals surface area contributed by atoms with Crippen LogP contribution in [-0.2, 0) is 16.6 Å². The smallest absolute Gasteiger partial charge is 0.226 e. The molecule has 5 heteroatoms. The minimum atomic E-state index is -0.719. The molecule has 1 unspecified atom stereocenters. The quantitative estimate of drug-likeness (QED) is 0.640. The summed E-state index contributed by atoms with van der Waals surface area (Å²) < 4.78 is 11.8. The molecule has 1 spiro atoms. The van der Waals surface area contributed by atoms with E-state index in [1.807, 2.05) is 30.5 Å². The molecule has 5 nitrogen and oxygen atoms in total. The van der Waals surface area contributed by atoms with Crippen LogP contribution in [0.2, 0.25) is 0 Å². The van der Waals surface area contributed by atoms with Crippen molar-refractivity contribution in [2.75, 3.05) is 19.0 Å². The van der Waals surface area contributed by atoms with E-state index in [0.717, 1.165) is 47.5 Å². The summed E-state index contributed by atoms with van der Waals surface area (Å²) in [5, 5.41) is 4.62. The molecule has 2 aliphatic heterocycles. The lowest BCUT2D eigenvalue weighted by molar-refractivity contribution is 0.107. The number of pyridine rings is 1. The van der Waals surface area contributed by atoms with E-state index in [0.29, 0.717) is 0 Å². The van der Waals surface area contributed by atoms with Gasteiger partial charge in [0.05, 0.1) is 17.1 Å². The molecule has 5 rings (SSSR count). The van der Waals surface area contributed by atoms with Gasteiger partial charge in [0.2, 0.25) is 5.72 Å². The first-order chi connectivity index (χ1) is 14.0. The van der Waals surface area contributed by atoms with Gasteiger partial charge in [-0.3, -0.25) is 9.98 Å². The van der Waals surface area contributed by atoms with E-state index in [1.165, 1.54) is 11.1 Å². The fraction of sp³-hybridized carbons (Fsp3) is 0.333. The Morgan fingerprint density at radius 2 is 2.03 bits per heavy atom. The SMILES string of the molecule is COCCCc1ccc2c(c1)C(C)(C)C1(C=Nc3c(ccc4ncccc34)O1)N2. The molecule has 0 radical (unpaired) electrons. The first-order valence-electron chi connectivity index (χ1n) is 10.1. The van der Waals surface area contributed by atoms with Gasteiger partial charge in [-0.05, 0) is 68.1 Å². The van der Waals surface area contributed by atoms with Gasteiger partial charge in [0.1, 0.15) is 11.4 Å². The number of aryl methyl sites for hydroxylation is 1. The summed E-state index contributed by atoms with van der Waals surface area (Å²) in [7, 11) is 1.75. The molecule has 0 aliphatic carbocycles. The molecule has 2 aliphatic rings. The third-order valence-electron chi connectivity index (χ3n) is 6.19. The maximum Gasteiger partial charge on any atom is 0.226 e. The zero-order chi connectivity index (χ0) is 20.1. The molecule has 148 valence electrons. The zero-order valence-corrected chi connectivity index (χ0v) is 17.0. The minimum absolute atomic E-state index is 0.287. The topological polar surface area (TPSA) is 55.7 Å². The Kier molecular flexibility index (Phi) is 4.10. The second kappa shape index (κ2) is 6.56. The van der Waals surface area contributed by atoms with Crippen LogP contribution in [0, 0.1) is 0 Å². The van der Waals surface area contributed by atoms with E-state index >= 15 is 0 Å². The number of hydrogen-bond donors (Lipinski definition) is 1. The van der Waals surface area contributed by atoms with Gasteiger partial charge in [-0.2, -0.15) is 0 Å². The van der Waals surface area contributed by atoms with Crippen molar-refractivity contribution in [2.24, 2.45) is 4.99 Å². The van der Waals surface area contributed by atoms with Gasteiger partial charge in [0, 0.05) is 31.0 Å². The van der Waals surface area contributed by atoms with Crippen LogP contribution in [0.4, 0.5) is 11.4 Å². The van der Waals surface area contributed by atoms with Gasteiger partial charge >= 0.3 is 0 Å². The van der Waals surface area contributed by atoms with Crippen LogP contribution < -0.4 is 10.1 Å². The summed E-state index contributed by atoms with van der Waals surface area (Å²) in [5.41, 5.74) is 4.43. The molecule has 0 saturated heterocycles. The van der Waals surface area contributed by atoms with Crippen LogP contribution in [0.25, 0.3) is 10.9 Å². The monoisotopic (exact) mass is 387 g/mol. The molecule has 2 aromatic carbocycles. The highest BCUT2D eigenvalue weighted by Crippen LogP contribution is 2.51. The highest BCUT2D eigenvalue weighted by molar-refractivity contribution is 5.98. The first-order valence-corrected chi connectivity index (χ1v) is 10.1. The molecule has 1 N–H and O–H groups in total. The highest BCUT2D eigenvalue weighted by atomic mass is 16.5. The number of aliphatic imine (C=N–C) groups is 1. The van der Waals surface area contributed by atoms with Crippen LogP contribution in [0.1, 0.15) is 31.4 Å². The normalized spacial score (nSPS) is 20.9. The molecule has 1 atom stereocenters. The summed E-state index contributed by atoms with van der Waals surface area (Å²) in [6.45, 7) is 5.20. The Hall–Kier alpha value is -2.92. The molecule has 0 bridgehead atoms. The second-order valence-corrected chi connectivity index (χ2v) is 8.30. The van der Waals surface area contributed by atoms with Crippen LogP contribution in [0.3, 0.4) is 0 Å². The van der Waals surface area contributed by atoms with Crippen LogP contribution in [0.15, 0.2) is 53.7 Å². The van der Waals surface area contributed by atoms with Gasteiger partial charge in [-0.1, -0.05) is 12.1 Å². The van der Waals surface area contributed by atoms with Crippen molar-refractivity contribution in [3.8, 4) is 5.75 Å². The number of ether oxygens (including phenoxy) is 2. The molecule has 3 aromatic rings. The van der Waals surface area contributed by atoms with E-state index in [1.54, 1.807) is 13.3 Å². The van der Waals surface area contributed by atoms with Crippen LogP contribution in [0.5, 0.6) is 5.75 Å². The van der Waals surface area contributed by atoms with Gasteiger partial charge in [0.25, 0.3) is 0 Å². The third-order valence-corrected chi connectivity index (χ3v) is 6.19. The Morgan fingerprint density at radius 1 is 1.14 bits per heavy atom.